The number of ether oxygens (including phenoxy) is 2. The van der Waals surface area contributed by atoms with E-state index in [0.717, 1.165) is 70.4 Å². The van der Waals surface area contributed by atoms with Crippen molar-refractivity contribution >= 4 is 23.0 Å². The summed E-state index contributed by atoms with van der Waals surface area (Å²) in [5.41, 5.74) is 9.01. The van der Waals surface area contributed by atoms with Gasteiger partial charge in [-0.05, 0) is 69.7 Å². The fourth-order valence-electron chi connectivity index (χ4n) is 6.85. The molecule has 2 aliphatic heterocycles. The number of hydrogen-bond acceptors (Lipinski definition) is 10. The summed E-state index contributed by atoms with van der Waals surface area (Å²) in [4.78, 5) is 41.7. The number of esters is 1. The zero-order chi connectivity index (χ0) is 31.8. The molecule has 12 heteroatoms. The number of H-pyrrole nitrogens is 1. The van der Waals surface area contributed by atoms with Crippen LogP contribution in [0.4, 0.5) is 5.82 Å². The second-order valence-electron chi connectivity index (χ2n) is 12.5. The summed E-state index contributed by atoms with van der Waals surface area (Å²) in [5, 5.41) is 3.50. The third kappa shape index (κ3) is 8.42. The summed E-state index contributed by atoms with van der Waals surface area (Å²) >= 11 is 0. The van der Waals surface area contributed by atoms with Crippen LogP contribution >= 0.6 is 0 Å². The van der Waals surface area contributed by atoms with E-state index in [1.807, 2.05) is 12.1 Å². The molecule has 4 N–H and O–H groups in total. The molecule has 0 bridgehead atoms. The average molecular weight is 623 g/mol. The second-order valence-corrected chi connectivity index (χ2v) is 12.5. The normalized spacial score (nSPS) is 19.7. The van der Waals surface area contributed by atoms with Gasteiger partial charge in [-0.15, -0.1) is 0 Å². The standard InChI is InChI=1S/C33H50N8O4/c1-4-5-19-45-32-37-30(34)29-31(38-32)41(33(43)36-29)17-6-16-39(22-25-9-7-24(8-10-25)21-28(42)44-3)27-13-18-40(23(2)20-27)26-11-14-35-15-12-26/h7-10,23,26-27,35H,4-6,11-22H2,1-3H3,(H,36,43)(H2,34,37,38)/t23-,27?/m1/s1. The van der Waals surface area contributed by atoms with E-state index in [-0.39, 0.29) is 29.9 Å². The van der Waals surface area contributed by atoms with E-state index in [9.17, 15) is 9.59 Å². The van der Waals surface area contributed by atoms with Crippen molar-refractivity contribution in [3.8, 4) is 6.01 Å². The Kier molecular flexibility index (Phi) is 11.5. The molecule has 0 saturated carbocycles. The highest BCUT2D eigenvalue weighted by Crippen LogP contribution is 2.28. The van der Waals surface area contributed by atoms with Crippen LogP contribution in [0.25, 0.3) is 11.2 Å². The maximum Gasteiger partial charge on any atom is 0.327 e. The Morgan fingerprint density at radius 1 is 1.11 bits per heavy atom. The van der Waals surface area contributed by atoms with Crippen molar-refractivity contribution < 1.29 is 14.3 Å². The van der Waals surface area contributed by atoms with Crippen LogP contribution in [0.5, 0.6) is 6.01 Å². The molecule has 2 saturated heterocycles. The number of aromatic nitrogens is 4. The van der Waals surface area contributed by atoms with E-state index in [0.29, 0.717) is 42.4 Å². The highest BCUT2D eigenvalue weighted by molar-refractivity contribution is 5.81. The third-order valence-electron chi connectivity index (χ3n) is 9.36. The first kappa shape index (κ1) is 32.9. The molecule has 2 aliphatic rings. The minimum Gasteiger partial charge on any atom is -0.469 e. The van der Waals surface area contributed by atoms with Crippen molar-refractivity contribution in [3.05, 3.63) is 45.9 Å². The molecule has 1 unspecified atom stereocenters. The zero-order valence-electron chi connectivity index (χ0n) is 27.1. The Hall–Kier alpha value is -3.48. The SMILES string of the molecule is CCCCOc1nc(N)c2[nH]c(=O)n(CCCN(Cc3ccc(CC(=O)OC)cc3)C3CCN(C4CCNCC4)[C@H](C)C3)c2n1. The third-order valence-corrected chi connectivity index (χ3v) is 9.36. The molecule has 2 atom stereocenters. The Morgan fingerprint density at radius 2 is 1.87 bits per heavy atom. The van der Waals surface area contributed by atoms with Crippen LogP contribution in [0, 0.1) is 0 Å². The number of likely N-dealkylation sites (tertiary alicyclic amines) is 1. The Balaban J connectivity index is 1.29. The van der Waals surface area contributed by atoms with Crippen molar-refractivity contribution in [2.24, 2.45) is 0 Å². The first-order valence-electron chi connectivity index (χ1n) is 16.6. The molecule has 1 aromatic carbocycles. The number of aromatic amines is 1. The van der Waals surface area contributed by atoms with Gasteiger partial charge >= 0.3 is 17.7 Å². The molecule has 3 aromatic rings. The lowest BCUT2D eigenvalue weighted by molar-refractivity contribution is -0.139. The maximum atomic E-state index is 13.0. The molecule has 45 heavy (non-hydrogen) atoms. The van der Waals surface area contributed by atoms with Gasteiger partial charge in [0.25, 0.3) is 0 Å². The number of methoxy groups -OCH3 is 1. The van der Waals surface area contributed by atoms with Crippen LogP contribution in [0.15, 0.2) is 29.1 Å². The molecular weight excluding hydrogens is 572 g/mol. The zero-order valence-corrected chi connectivity index (χ0v) is 27.1. The van der Waals surface area contributed by atoms with Crippen molar-refractivity contribution in [2.45, 2.75) is 96.4 Å². The monoisotopic (exact) mass is 622 g/mol. The summed E-state index contributed by atoms with van der Waals surface area (Å²) in [6.45, 7) is 10.4. The smallest absolute Gasteiger partial charge is 0.327 e. The molecule has 0 radical (unpaired) electrons. The topological polar surface area (TPSA) is 144 Å². The number of imidazole rings is 1. The number of nitrogens with zero attached hydrogens (tertiary/aromatic N) is 5. The Bertz CT molecular complexity index is 1450. The van der Waals surface area contributed by atoms with E-state index in [4.69, 9.17) is 15.2 Å². The van der Waals surface area contributed by atoms with Crippen LogP contribution in [0.1, 0.15) is 69.9 Å². The summed E-state index contributed by atoms with van der Waals surface area (Å²) < 4.78 is 12.2. The molecular formula is C33H50N8O4. The number of nitrogen functional groups attached to an aromatic ring is 1. The molecule has 2 fully saturated rings. The minimum absolute atomic E-state index is 0.202. The lowest BCUT2D eigenvalue weighted by Gasteiger charge is -2.46. The number of anilines is 1. The molecule has 246 valence electrons. The number of nitrogens with one attached hydrogen (secondary N) is 2. The van der Waals surface area contributed by atoms with Gasteiger partial charge in [0.15, 0.2) is 11.5 Å². The molecule has 5 rings (SSSR count). The summed E-state index contributed by atoms with van der Waals surface area (Å²) in [7, 11) is 1.42. The van der Waals surface area contributed by atoms with Crippen LogP contribution in [-0.4, -0.2) is 93.3 Å². The first-order valence-corrected chi connectivity index (χ1v) is 16.6. The summed E-state index contributed by atoms with van der Waals surface area (Å²) in [6.07, 6.45) is 7.59. The van der Waals surface area contributed by atoms with Gasteiger partial charge in [0.2, 0.25) is 0 Å². The predicted octanol–water partition coefficient (Wildman–Crippen LogP) is 3.09. The van der Waals surface area contributed by atoms with Crippen LogP contribution < -0.4 is 21.5 Å². The maximum absolute atomic E-state index is 13.0. The van der Waals surface area contributed by atoms with Gasteiger partial charge in [-0.1, -0.05) is 37.6 Å². The summed E-state index contributed by atoms with van der Waals surface area (Å²) in [6, 6.07) is 10.1. The highest BCUT2D eigenvalue weighted by atomic mass is 16.5. The number of benzene rings is 1. The molecule has 4 heterocycles. The first-order chi connectivity index (χ1) is 21.9. The number of rotatable bonds is 14. The van der Waals surface area contributed by atoms with E-state index in [1.165, 1.54) is 25.5 Å². The molecule has 0 spiro atoms. The van der Waals surface area contributed by atoms with E-state index in [2.05, 4.69) is 56.0 Å². The number of carbonyl (C=O) groups is 1. The van der Waals surface area contributed by atoms with Crippen molar-refractivity contribution in [3.63, 3.8) is 0 Å². The summed E-state index contributed by atoms with van der Waals surface area (Å²) in [5.74, 6) is -0.0211. The van der Waals surface area contributed by atoms with Crippen LogP contribution in [-0.2, 0) is 29.0 Å². The number of piperidine rings is 2. The number of nitrogens with two attached hydrogens (primary N) is 1. The van der Waals surface area contributed by atoms with Gasteiger partial charge in [0.05, 0.1) is 20.1 Å². The molecule has 2 aromatic heterocycles. The largest absolute Gasteiger partial charge is 0.469 e. The number of hydrogen-bond donors (Lipinski definition) is 3. The number of fused-ring (bicyclic) bond motifs is 1. The van der Waals surface area contributed by atoms with Gasteiger partial charge in [-0.2, -0.15) is 9.97 Å². The van der Waals surface area contributed by atoms with Gasteiger partial charge in [0.1, 0.15) is 5.52 Å². The minimum atomic E-state index is -0.242. The lowest BCUT2D eigenvalue weighted by atomic mass is 9.92. The van der Waals surface area contributed by atoms with Gasteiger partial charge in [-0.3, -0.25) is 19.2 Å². The Morgan fingerprint density at radius 3 is 2.58 bits per heavy atom. The van der Waals surface area contributed by atoms with Gasteiger partial charge in [0, 0.05) is 44.3 Å². The van der Waals surface area contributed by atoms with Gasteiger partial charge in [-0.25, -0.2) is 4.79 Å². The van der Waals surface area contributed by atoms with Crippen molar-refractivity contribution in [1.82, 2.24) is 34.6 Å². The average Bonchev–Trinajstić information content (AvgIpc) is 3.37. The van der Waals surface area contributed by atoms with Crippen molar-refractivity contribution in [1.29, 1.82) is 0 Å². The fraction of sp³-hybridized carbons (Fsp3) is 0.636. The number of unbranched alkanes of at least 4 members (excludes halogenated alkanes) is 1. The quantitative estimate of drug-likeness (QED) is 0.181. The van der Waals surface area contributed by atoms with Crippen molar-refractivity contribution in [2.75, 3.05) is 45.6 Å². The van der Waals surface area contributed by atoms with Gasteiger partial charge < -0.3 is 25.5 Å². The number of aryl methyl sites for hydroxylation is 1. The lowest BCUT2D eigenvalue weighted by Crippen LogP contribution is -2.54. The second kappa shape index (κ2) is 15.7. The number of carbonyl (C=O) groups excluding carboxylic acids is 1. The highest BCUT2D eigenvalue weighted by Gasteiger charge is 2.33. The van der Waals surface area contributed by atoms with E-state index in [1.54, 1.807) is 4.57 Å². The predicted molar refractivity (Wildman–Crippen MR) is 175 cm³/mol. The van der Waals surface area contributed by atoms with E-state index >= 15 is 0 Å². The van der Waals surface area contributed by atoms with Crippen LogP contribution in [0.2, 0.25) is 0 Å². The van der Waals surface area contributed by atoms with Crippen LogP contribution in [0.3, 0.4) is 0 Å². The van der Waals surface area contributed by atoms with E-state index < -0.39 is 0 Å². The Labute approximate surface area is 265 Å². The fourth-order valence-corrected chi connectivity index (χ4v) is 6.85. The molecule has 0 amide bonds. The molecule has 12 nitrogen and oxygen atoms in total. The molecule has 0 aliphatic carbocycles.